The number of aryl methyl sites for hydroxylation is 1. The molecular weight excluding hydrogens is 340 g/mol. The number of rotatable bonds is 4. The van der Waals surface area contributed by atoms with E-state index < -0.39 is 5.63 Å². The van der Waals surface area contributed by atoms with Crippen LogP contribution in [0.15, 0.2) is 62.8 Å². The van der Waals surface area contributed by atoms with E-state index in [1.165, 1.54) is 12.3 Å². The van der Waals surface area contributed by atoms with Gasteiger partial charge in [-0.05, 0) is 42.3 Å². The van der Waals surface area contributed by atoms with Crippen LogP contribution in [0.4, 0.5) is 0 Å². The minimum absolute atomic E-state index is 0.0313. The van der Waals surface area contributed by atoms with Gasteiger partial charge in [-0.25, -0.2) is 10.2 Å². The predicted octanol–water partition coefficient (Wildman–Crippen LogP) is 3.45. The van der Waals surface area contributed by atoms with Crippen LogP contribution in [-0.2, 0) is 11.2 Å². The molecule has 0 bridgehead atoms. The Bertz CT molecular complexity index is 1010. The van der Waals surface area contributed by atoms with Gasteiger partial charge in [0.25, 0.3) is 0 Å². The van der Waals surface area contributed by atoms with Crippen LogP contribution in [0.2, 0.25) is 5.02 Å². The van der Waals surface area contributed by atoms with Gasteiger partial charge >= 0.3 is 5.63 Å². The van der Waals surface area contributed by atoms with E-state index in [2.05, 4.69) is 10.5 Å². The fourth-order valence-corrected chi connectivity index (χ4v) is 2.55. The highest BCUT2D eigenvalue weighted by Crippen LogP contribution is 2.19. The monoisotopic (exact) mass is 354 g/mol. The first-order valence-corrected chi connectivity index (χ1v) is 8.00. The molecule has 126 valence electrons. The Hall–Kier alpha value is -2.92. The second-order valence-electron chi connectivity index (χ2n) is 5.61. The standard InChI is InChI=1S/C19H15ClN2O3/c1-12-2-7-17-16(8-12)14(10-19(24)25-17)9-18(23)22-21-11-13-3-5-15(20)6-4-13/h2-8,10-11H,9H2,1H3,(H,22,23)/b21-11+. The van der Waals surface area contributed by atoms with Crippen LogP contribution in [0.1, 0.15) is 16.7 Å². The van der Waals surface area contributed by atoms with Crippen molar-refractivity contribution in [1.29, 1.82) is 0 Å². The van der Waals surface area contributed by atoms with Crippen LogP contribution in [0.5, 0.6) is 0 Å². The highest BCUT2D eigenvalue weighted by atomic mass is 35.5. The van der Waals surface area contributed by atoms with Crippen molar-refractivity contribution in [2.45, 2.75) is 13.3 Å². The number of hydrogen-bond acceptors (Lipinski definition) is 4. The van der Waals surface area contributed by atoms with Crippen molar-refractivity contribution in [3.63, 3.8) is 0 Å². The van der Waals surface area contributed by atoms with Gasteiger partial charge in [-0.2, -0.15) is 5.10 Å². The Balaban J connectivity index is 1.74. The second-order valence-corrected chi connectivity index (χ2v) is 6.05. The quantitative estimate of drug-likeness (QED) is 0.443. The Kier molecular flexibility index (Phi) is 4.95. The van der Waals surface area contributed by atoms with E-state index in [4.69, 9.17) is 16.0 Å². The molecule has 6 heteroatoms. The van der Waals surface area contributed by atoms with Crippen LogP contribution in [0, 0.1) is 6.92 Å². The molecule has 0 atom stereocenters. The van der Waals surface area contributed by atoms with Gasteiger partial charge in [0, 0.05) is 16.5 Å². The number of amides is 1. The summed E-state index contributed by atoms with van der Waals surface area (Å²) in [5.74, 6) is -0.321. The number of carbonyl (C=O) groups is 1. The van der Waals surface area contributed by atoms with Crippen molar-refractivity contribution in [2.75, 3.05) is 0 Å². The summed E-state index contributed by atoms with van der Waals surface area (Å²) in [4.78, 5) is 23.8. The first kappa shape index (κ1) is 16.9. The molecule has 0 spiro atoms. The second kappa shape index (κ2) is 7.32. The fraction of sp³-hybridized carbons (Fsp3) is 0.105. The lowest BCUT2D eigenvalue weighted by Crippen LogP contribution is -2.20. The van der Waals surface area contributed by atoms with E-state index in [0.29, 0.717) is 16.2 Å². The van der Waals surface area contributed by atoms with Crippen LogP contribution < -0.4 is 11.1 Å². The van der Waals surface area contributed by atoms with Crippen molar-refractivity contribution in [2.24, 2.45) is 5.10 Å². The molecule has 1 N–H and O–H groups in total. The fourth-order valence-electron chi connectivity index (χ4n) is 2.43. The number of nitrogens with zero attached hydrogens (tertiary/aromatic N) is 1. The first-order valence-electron chi connectivity index (χ1n) is 7.62. The number of fused-ring (bicyclic) bond motifs is 1. The molecule has 5 nitrogen and oxygen atoms in total. The maximum absolute atomic E-state index is 12.1. The van der Waals surface area contributed by atoms with E-state index in [0.717, 1.165) is 16.5 Å². The molecule has 0 aliphatic carbocycles. The number of hydrazone groups is 1. The smallest absolute Gasteiger partial charge is 0.336 e. The van der Waals surface area contributed by atoms with Crippen molar-refractivity contribution in [3.8, 4) is 0 Å². The number of carbonyl (C=O) groups excluding carboxylic acids is 1. The van der Waals surface area contributed by atoms with Crippen molar-refractivity contribution < 1.29 is 9.21 Å². The summed E-state index contributed by atoms with van der Waals surface area (Å²) in [7, 11) is 0. The minimum Gasteiger partial charge on any atom is -0.423 e. The van der Waals surface area contributed by atoms with Crippen molar-refractivity contribution in [1.82, 2.24) is 5.43 Å². The van der Waals surface area contributed by atoms with E-state index in [1.807, 2.05) is 19.1 Å². The van der Waals surface area contributed by atoms with Crippen molar-refractivity contribution in [3.05, 3.63) is 80.7 Å². The van der Waals surface area contributed by atoms with Crippen molar-refractivity contribution >= 4 is 34.7 Å². The lowest BCUT2D eigenvalue weighted by molar-refractivity contribution is -0.120. The topological polar surface area (TPSA) is 71.7 Å². The molecule has 0 saturated carbocycles. The zero-order valence-corrected chi connectivity index (χ0v) is 14.2. The summed E-state index contributed by atoms with van der Waals surface area (Å²) in [6.07, 6.45) is 1.55. The Morgan fingerprint density at radius 3 is 2.72 bits per heavy atom. The van der Waals surface area contributed by atoms with Gasteiger partial charge in [-0.15, -0.1) is 0 Å². The predicted molar refractivity (Wildman–Crippen MR) is 98.1 cm³/mol. The van der Waals surface area contributed by atoms with Crippen LogP contribution in [0.25, 0.3) is 11.0 Å². The third-order valence-electron chi connectivity index (χ3n) is 3.61. The molecule has 0 aliphatic rings. The minimum atomic E-state index is -0.483. The summed E-state index contributed by atoms with van der Waals surface area (Å²) >= 11 is 5.81. The zero-order chi connectivity index (χ0) is 17.8. The Labute approximate surface area is 148 Å². The molecule has 0 radical (unpaired) electrons. The third kappa shape index (κ3) is 4.33. The Morgan fingerprint density at radius 2 is 1.96 bits per heavy atom. The number of hydrogen-bond donors (Lipinski definition) is 1. The van der Waals surface area contributed by atoms with Gasteiger partial charge in [0.2, 0.25) is 5.91 Å². The maximum atomic E-state index is 12.1. The molecule has 0 unspecified atom stereocenters. The van der Waals surface area contributed by atoms with Gasteiger partial charge in [0.15, 0.2) is 0 Å². The van der Waals surface area contributed by atoms with Crippen LogP contribution in [0.3, 0.4) is 0 Å². The first-order chi connectivity index (χ1) is 12.0. The molecule has 0 aliphatic heterocycles. The lowest BCUT2D eigenvalue weighted by atomic mass is 10.1. The highest BCUT2D eigenvalue weighted by molar-refractivity contribution is 6.30. The SMILES string of the molecule is Cc1ccc2oc(=O)cc(CC(=O)N/N=C/c3ccc(Cl)cc3)c2c1. The molecule has 25 heavy (non-hydrogen) atoms. The lowest BCUT2D eigenvalue weighted by Gasteiger charge is -2.05. The normalized spacial score (nSPS) is 11.1. The molecule has 2 aromatic carbocycles. The number of nitrogens with one attached hydrogen (secondary N) is 1. The maximum Gasteiger partial charge on any atom is 0.336 e. The number of halogens is 1. The Morgan fingerprint density at radius 1 is 1.20 bits per heavy atom. The highest BCUT2D eigenvalue weighted by Gasteiger charge is 2.10. The number of benzene rings is 2. The average Bonchev–Trinajstić information content (AvgIpc) is 2.57. The van der Waals surface area contributed by atoms with Crippen LogP contribution >= 0.6 is 11.6 Å². The van der Waals surface area contributed by atoms with Gasteiger partial charge in [-0.1, -0.05) is 35.4 Å². The van der Waals surface area contributed by atoms with Gasteiger partial charge in [0.05, 0.1) is 12.6 Å². The zero-order valence-electron chi connectivity index (χ0n) is 13.5. The van der Waals surface area contributed by atoms with Gasteiger partial charge in [-0.3, -0.25) is 4.79 Å². The summed E-state index contributed by atoms with van der Waals surface area (Å²) in [5, 5.41) is 5.30. The molecule has 1 aromatic heterocycles. The van der Waals surface area contributed by atoms with Gasteiger partial charge in [0.1, 0.15) is 5.58 Å². The van der Waals surface area contributed by atoms with E-state index in [-0.39, 0.29) is 12.3 Å². The summed E-state index contributed by atoms with van der Waals surface area (Å²) in [5.41, 5.74) is 4.87. The van der Waals surface area contributed by atoms with E-state index >= 15 is 0 Å². The molecule has 0 fully saturated rings. The summed E-state index contributed by atoms with van der Waals surface area (Å²) in [6, 6.07) is 13.9. The largest absolute Gasteiger partial charge is 0.423 e. The summed E-state index contributed by atoms with van der Waals surface area (Å²) in [6.45, 7) is 1.94. The third-order valence-corrected chi connectivity index (χ3v) is 3.86. The van der Waals surface area contributed by atoms with E-state index in [9.17, 15) is 9.59 Å². The van der Waals surface area contributed by atoms with Gasteiger partial charge < -0.3 is 4.42 Å². The molecule has 1 heterocycles. The molecular formula is C19H15ClN2O3. The average molecular weight is 355 g/mol. The summed E-state index contributed by atoms with van der Waals surface area (Å²) < 4.78 is 5.16. The molecule has 1 amide bonds. The molecule has 3 aromatic rings. The molecule has 0 saturated heterocycles. The molecule has 3 rings (SSSR count). The van der Waals surface area contributed by atoms with E-state index in [1.54, 1.807) is 30.3 Å². The van der Waals surface area contributed by atoms with Crippen LogP contribution in [-0.4, -0.2) is 12.1 Å².